The maximum absolute atomic E-state index is 14.2. The second kappa shape index (κ2) is 11.0. The van der Waals surface area contributed by atoms with E-state index in [1.807, 2.05) is 84.0 Å². The number of aromatic nitrogens is 2. The highest BCUT2D eigenvalue weighted by atomic mass is 16.6. The summed E-state index contributed by atoms with van der Waals surface area (Å²) in [6, 6.07) is 14.4. The lowest BCUT2D eigenvalue weighted by atomic mass is 10.1. The number of hydrogen-bond acceptors (Lipinski definition) is 6. The lowest BCUT2D eigenvalue weighted by Crippen LogP contribution is -2.38. The Labute approximate surface area is 229 Å². The van der Waals surface area contributed by atoms with Crippen LogP contribution in [0.3, 0.4) is 0 Å². The Hall–Kier alpha value is -3.94. The molecule has 2 heterocycles. The van der Waals surface area contributed by atoms with Gasteiger partial charge in [0.25, 0.3) is 5.56 Å². The van der Waals surface area contributed by atoms with Crippen molar-refractivity contribution < 1.29 is 19.1 Å². The molecule has 0 spiro atoms. The molecule has 3 aromatic rings. The van der Waals surface area contributed by atoms with E-state index in [4.69, 9.17) is 14.5 Å². The van der Waals surface area contributed by atoms with Crippen LogP contribution in [-0.2, 0) is 14.3 Å². The van der Waals surface area contributed by atoms with Crippen molar-refractivity contribution in [2.75, 3.05) is 6.54 Å². The van der Waals surface area contributed by atoms with Gasteiger partial charge in [-0.25, -0.2) is 9.78 Å². The zero-order chi connectivity index (χ0) is 28.4. The third-order valence-corrected chi connectivity index (χ3v) is 6.15. The average Bonchev–Trinajstić information content (AvgIpc) is 3.32. The quantitative estimate of drug-likeness (QED) is 0.364. The molecule has 1 amide bonds. The number of carbonyl (C=O) groups excluding carboxylic acids is 2. The SMILES string of the molecule is CC(C)(C)OC(=O)CC=Cc1cccc2nc(C3CCCN3C(=O)OC(C)(C)C)n(-c3ccccc3)c(=O)c12. The summed E-state index contributed by atoms with van der Waals surface area (Å²) in [5, 5.41) is 0.437. The molecular formula is C31H37N3O5. The molecule has 0 aliphatic carbocycles. The third kappa shape index (κ3) is 6.74. The van der Waals surface area contributed by atoms with Gasteiger partial charge in [0.1, 0.15) is 17.0 Å². The van der Waals surface area contributed by atoms with Gasteiger partial charge in [-0.3, -0.25) is 19.1 Å². The predicted octanol–water partition coefficient (Wildman–Crippen LogP) is 6.20. The van der Waals surface area contributed by atoms with Crippen LogP contribution in [0.15, 0.2) is 59.4 Å². The number of hydrogen-bond donors (Lipinski definition) is 0. The minimum atomic E-state index is -0.638. The number of likely N-dealkylation sites (tertiary alicyclic amines) is 1. The summed E-state index contributed by atoms with van der Waals surface area (Å²) in [7, 11) is 0. The van der Waals surface area contributed by atoms with Crippen LogP contribution < -0.4 is 5.56 Å². The van der Waals surface area contributed by atoms with Gasteiger partial charge in [-0.1, -0.05) is 42.5 Å². The number of rotatable bonds is 5. The Morgan fingerprint density at radius 1 is 0.974 bits per heavy atom. The minimum absolute atomic E-state index is 0.0823. The fourth-order valence-corrected chi connectivity index (χ4v) is 4.70. The maximum Gasteiger partial charge on any atom is 0.410 e. The molecule has 1 fully saturated rings. The highest BCUT2D eigenvalue weighted by Crippen LogP contribution is 2.34. The van der Waals surface area contributed by atoms with Crippen molar-refractivity contribution in [3.63, 3.8) is 0 Å². The van der Waals surface area contributed by atoms with E-state index in [-0.39, 0.29) is 17.9 Å². The number of benzene rings is 2. The molecule has 0 bridgehead atoms. The van der Waals surface area contributed by atoms with Gasteiger partial charge in [-0.05, 0) is 78.1 Å². The molecule has 8 nitrogen and oxygen atoms in total. The molecular weight excluding hydrogens is 494 g/mol. The van der Waals surface area contributed by atoms with E-state index in [1.165, 1.54) is 0 Å². The van der Waals surface area contributed by atoms with Crippen LogP contribution in [0.1, 0.15) is 78.2 Å². The van der Waals surface area contributed by atoms with Crippen molar-refractivity contribution in [2.45, 2.75) is 78.0 Å². The van der Waals surface area contributed by atoms with Crippen molar-refractivity contribution in [1.82, 2.24) is 14.5 Å². The molecule has 0 radical (unpaired) electrons. The van der Waals surface area contributed by atoms with Gasteiger partial charge in [0.05, 0.1) is 29.1 Å². The molecule has 1 aliphatic heterocycles. The molecule has 8 heteroatoms. The Bertz CT molecular complexity index is 1450. The van der Waals surface area contributed by atoms with Gasteiger partial charge in [0.2, 0.25) is 0 Å². The average molecular weight is 532 g/mol. The van der Waals surface area contributed by atoms with Gasteiger partial charge in [-0.15, -0.1) is 0 Å². The number of amides is 1. The molecule has 206 valence electrons. The molecule has 1 unspecified atom stereocenters. The number of ether oxygens (including phenoxy) is 2. The fraction of sp³-hybridized carbons (Fsp3) is 0.419. The second-order valence-corrected chi connectivity index (χ2v) is 11.7. The first kappa shape index (κ1) is 28.1. The third-order valence-electron chi connectivity index (χ3n) is 6.15. The van der Waals surface area contributed by atoms with Gasteiger partial charge in [0, 0.05) is 6.54 Å². The first-order valence-corrected chi connectivity index (χ1v) is 13.3. The van der Waals surface area contributed by atoms with E-state index in [2.05, 4.69) is 0 Å². The normalized spacial score (nSPS) is 16.2. The van der Waals surface area contributed by atoms with E-state index in [0.717, 1.165) is 6.42 Å². The summed E-state index contributed by atoms with van der Waals surface area (Å²) in [6.07, 6.45) is 4.56. The Morgan fingerprint density at radius 3 is 2.33 bits per heavy atom. The van der Waals surface area contributed by atoms with Crippen LogP contribution in [-0.4, -0.2) is 44.3 Å². The summed E-state index contributed by atoms with van der Waals surface area (Å²) in [4.78, 5) is 46.1. The lowest BCUT2D eigenvalue weighted by Gasteiger charge is -2.29. The molecule has 39 heavy (non-hydrogen) atoms. The second-order valence-electron chi connectivity index (χ2n) is 11.7. The number of fused-ring (bicyclic) bond motifs is 1. The van der Waals surface area contributed by atoms with Crippen molar-refractivity contribution in [2.24, 2.45) is 0 Å². The highest BCUT2D eigenvalue weighted by Gasteiger charge is 2.36. The van der Waals surface area contributed by atoms with Gasteiger partial charge < -0.3 is 9.47 Å². The number of nitrogens with zero attached hydrogens (tertiary/aromatic N) is 3. The summed E-state index contributed by atoms with van der Waals surface area (Å²) in [5.41, 5.74) is 0.394. The van der Waals surface area contributed by atoms with E-state index in [1.54, 1.807) is 27.7 Å². The minimum Gasteiger partial charge on any atom is -0.460 e. The molecule has 2 aromatic carbocycles. The van der Waals surface area contributed by atoms with E-state index in [0.29, 0.717) is 40.9 Å². The van der Waals surface area contributed by atoms with E-state index < -0.39 is 23.3 Å². The monoisotopic (exact) mass is 531 g/mol. The predicted molar refractivity (Wildman–Crippen MR) is 152 cm³/mol. The van der Waals surface area contributed by atoms with Crippen LogP contribution in [0.5, 0.6) is 0 Å². The molecule has 0 N–H and O–H groups in total. The van der Waals surface area contributed by atoms with Crippen molar-refractivity contribution >= 4 is 29.0 Å². The summed E-state index contributed by atoms with van der Waals surface area (Å²) >= 11 is 0. The largest absolute Gasteiger partial charge is 0.460 e. The van der Waals surface area contributed by atoms with Crippen molar-refractivity contribution in [1.29, 1.82) is 0 Å². The molecule has 1 atom stereocenters. The van der Waals surface area contributed by atoms with E-state index >= 15 is 0 Å². The molecule has 4 rings (SSSR count). The van der Waals surface area contributed by atoms with Crippen LogP contribution in [0, 0.1) is 0 Å². The van der Waals surface area contributed by atoms with Gasteiger partial charge in [0.15, 0.2) is 0 Å². The highest BCUT2D eigenvalue weighted by molar-refractivity contribution is 5.88. The summed E-state index contributed by atoms with van der Waals surface area (Å²) in [5.74, 6) is 0.154. The van der Waals surface area contributed by atoms with Crippen LogP contribution >= 0.6 is 0 Å². The molecule has 1 saturated heterocycles. The Balaban J connectivity index is 1.81. The number of para-hydroxylation sites is 1. The molecule has 1 aromatic heterocycles. The number of carbonyl (C=O) groups is 2. The maximum atomic E-state index is 14.2. The fourth-order valence-electron chi connectivity index (χ4n) is 4.70. The summed E-state index contributed by atoms with van der Waals surface area (Å²) < 4.78 is 12.7. The molecule has 0 saturated carbocycles. The standard InChI is InChI=1S/C31H37N3O5/c1-30(2,3)38-25(35)19-11-14-21-13-10-17-23-26(21)28(36)34(22-15-8-7-9-16-22)27(32-23)24-18-12-20-33(24)29(37)39-31(4,5)6/h7-11,13-17,24H,12,18-20H2,1-6H3. The topological polar surface area (TPSA) is 90.7 Å². The van der Waals surface area contributed by atoms with Gasteiger partial charge >= 0.3 is 12.1 Å². The first-order chi connectivity index (χ1) is 18.3. The van der Waals surface area contributed by atoms with E-state index in [9.17, 15) is 14.4 Å². The zero-order valence-electron chi connectivity index (χ0n) is 23.6. The lowest BCUT2D eigenvalue weighted by molar-refractivity contribution is -0.153. The van der Waals surface area contributed by atoms with Crippen LogP contribution in [0.2, 0.25) is 0 Å². The van der Waals surface area contributed by atoms with Crippen LogP contribution in [0.25, 0.3) is 22.7 Å². The first-order valence-electron chi connectivity index (χ1n) is 13.3. The summed E-state index contributed by atoms with van der Waals surface area (Å²) in [6.45, 7) is 11.5. The van der Waals surface area contributed by atoms with Crippen LogP contribution in [0.4, 0.5) is 4.79 Å². The Kier molecular flexibility index (Phi) is 7.95. The zero-order valence-corrected chi connectivity index (χ0v) is 23.6. The smallest absolute Gasteiger partial charge is 0.410 e. The Morgan fingerprint density at radius 2 is 1.67 bits per heavy atom. The van der Waals surface area contributed by atoms with Crippen molar-refractivity contribution in [3.05, 3.63) is 76.3 Å². The van der Waals surface area contributed by atoms with Gasteiger partial charge in [-0.2, -0.15) is 0 Å². The molecule has 1 aliphatic rings. The van der Waals surface area contributed by atoms with Crippen molar-refractivity contribution in [3.8, 4) is 5.69 Å². The number of esters is 1.